The number of fused-ring (bicyclic) bond motifs is 1. The Hall–Kier alpha value is -1.94. The molecule has 0 bridgehead atoms. The third-order valence-corrected chi connectivity index (χ3v) is 9.24. The highest BCUT2D eigenvalue weighted by Gasteiger charge is 2.38. The Labute approximate surface area is 213 Å². The average molecular weight is 569 g/mol. The summed E-state index contributed by atoms with van der Waals surface area (Å²) in [6.45, 7) is 4.46. The van der Waals surface area contributed by atoms with Gasteiger partial charge < -0.3 is 10.2 Å². The van der Waals surface area contributed by atoms with Gasteiger partial charge in [0.2, 0.25) is 21.8 Å². The van der Waals surface area contributed by atoms with Gasteiger partial charge in [0.05, 0.1) is 11.6 Å². The van der Waals surface area contributed by atoms with Crippen LogP contribution in [0.2, 0.25) is 5.02 Å². The monoisotopic (exact) mass is 567 g/mol. The first-order valence-corrected chi connectivity index (χ1v) is 13.9. The van der Waals surface area contributed by atoms with Crippen molar-refractivity contribution in [3.63, 3.8) is 0 Å². The molecular weight excluding hydrogens is 542 g/mol. The second-order valence-corrected chi connectivity index (χ2v) is 11.9. The summed E-state index contributed by atoms with van der Waals surface area (Å²) < 4.78 is 29.6. The average Bonchev–Trinajstić information content (AvgIpc) is 3.24. The number of sulfonamides is 1. The number of piperidine rings is 1. The minimum atomic E-state index is -3.93. The summed E-state index contributed by atoms with van der Waals surface area (Å²) >= 11 is 9.60. The Morgan fingerprint density at radius 3 is 2.74 bits per heavy atom. The standard InChI is InChI=1S/C24H27BrClN3O4S/c1-3-22(30)29-11-9-16-12-18(25)13-21(23(16)29)34(32,33)28-10-5-6-17(14-28)24(31)27-20-8-4-7-19(26)15(20)2/h4,7-8,12-13,17H,3,5-6,9-11,14H2,1-2H3,(H,27,31). The van der Waals surface area contributed by atoms with Crippen LogP contribution in [0.5, 0.6) is 0 Å². The maximum Gasteiger partial charge on any atom is 0.245 e. The van der Waals surface area contributed by atoms with E-state index in [9.17, 15) is 18.0 Å². The van der Waals surface area contributed by atoms with Gasteiger partial charge in [-0.3, -0.25) is 9.59 Å². The fraction of sp³-hybridized carbons (Fsp3) is 0.417. The van der Waals surface area contributed by atoms with Crippen LogP contribution >= 0.6 is 27.5 Å². The van der Waals surface area contributed by atoms with Crippen LogP contribution in [-0.4, -0.2) is 44.2 Å². The van der Waals surface area contributed by atoms with Crippen LogP contribution in [0.4, 0.5) is 11.4 Å². The summed E-state index contributed by atoms with van der Waals surface area (Å²) in [5, 5.41) is 3.46. The highest BCUT2D eigenvalue weighted by Crippen LogP contribution is 2.40. The minimum Gasteiger partial charge on any atom is -0.326 e. The Morgan fingerprint density at radius 2 is 2.00 bits per heavy atom. The fourth-order valence-electron chi connectivity index (χ4n) is 4.60. The molecule has 1 saturated heterocycles. The van der Waals surface area contributed by atoms with Crippen molar-refractivity contribution in [1.29, 1.82) is 0 Å². The molecule has 1 atom stereocenters. The van der Waals surface area contributed by atoms with E-state index in [0.29, 0.717) is 59.6 Å². The number of anilines is 2. The quantitative estimate of drug-likeness (QED) is 0.564. The largest absolute Gasteiger partial charge is 0.326 e. The lowest BCUT2D eigenvalue weighted by Gasteiger charge is -2.32. The Morgan fingerprint density at radius 1 is 1.24 bits per heavy atom. The molecule has 34 heavy (non-hydrogen) atoms. The number of carbonyl (C=O) groups excluding carboxylic acids is 2. The highest BCUT2D eigenvalue weighted by atomic mass is 79.9. The Balaban J connectivity index is 1.61. The molecule has 4 rings (SSSR count). The van der Waals surface area contributed by atoms with E-state index in [1.807, 2.05) is 13.0 Å². The van der Waals surface area contributed by atoms with E-state index in [2.05, 4.69) is 21.2 Å². The van der Waals surface area contributed by atoms with Gasteiger partial charge >= 0.3 is 0 Å². The predicted octanol–water partition coefficient (Wildman–Crippen LogP) is 4.75. The number of carbonyl (C=O) groups is 2. The fourth-order valence-corrected chi connectivity index (χ4v) is 7.21. The SMILES string of the molecule is CCC(=O)N1CCc2cc(Br)cc(S(=O)(=O)N3CCCC(C(=O)Nc4cccc(Cl)c4C)C3)c21. The highest BCUT2D eigenvalue weighted by molar-refractivity contribution is 9.10. The number of nitrogens with one attached hydrogen (secondary N) is 1. The molecule has 2 heterocycles. The first kappa shape index (κ1) is 25.2. The van der Waals surface area contributed by atoms with E-state index in [1.54, 1.807) is 36.1 Å². The lowest BCUT2D eigenvalue weighted by molar-refractivity contribution is -0.121. The van der Waals surface area contributed by atoms with Gasteiger partial charge in [-0.25, -0.2) is 8.42 Å². The number of amides is 2. The number of halogens is 2. The van der Waals surface area contributed by atoms with Crippen LogP contribution < -0.4 is 10.2 Å². The molecule has 2 amide bonds. The molecule has 2 aliphatic heterocycles. The van der Waals surface area contributed by atoms with Gasteiger partial charge in [0.25, 0.3) is 0 Å². The van der Waals surface area contributed by atoms with E-state index in [1.165, 1.54) is 4.31 Å². The third-order valence-electron chi connectivity index (χ3n) is 6.50. The summed E-state index contributed by atoms with van der Waals surface area (Å²) in [6, 6.07) is 8.73. The number of nitrogens with zero attached hydrogens (tertiary/aromatic N) is 2. The maximum absolute atomic E-state index is 13.8. The van der Waals surface area contributed by atoms with Gasteiger partial charge in [-0.2, -0.15) is 4.31 Å². The molecule has 10 heteroatoms. The molecular formula is C24H27BrClN3O4S. The zero-order valence-corrected chi connectivity index (χ0v) is 22.3. The van der Waals surface area contributed by atoms with Crippen LogP contribution in [0.1, 0.15) is 37.3 Å². The number of hydrogen-bond donors (Lipinski definition) is 1. The van der Waals surface area contributed by atoms with E-state index < -0.39 is 15.9 Å². The molecule has 0 radical (unpaired) electrons. The molecule has 0 saturated carbocycles. The third kappa shape index (κ3) is 4.76. The molecule has 2 aliphatic rings. The Kier molecular flexibility index (Phi) is 7.38. The lowest BCUT2D eigenvalue weighted by Crippen LogP contribution is -2.44. The van der Waals surface area contributed by atoms with Crippen molar-refractivity contribution in [3.8, 4) is 0 Å². The second-order valence-electron chi connectivity index (χ2n) is 8.66. The van der Waals surface area contributed by atoms with Crippen molar-refractivity contribution in [2.24, 2.45) is 5.92 Å². The van der Waals surface area contributed by atoms with E-state index in [4.69, 9.17) is 11.6 Å². The van der Waals surface area contributed by atoms with E-state index in [0.717, 1.165) is 11.1 Å². The molecule has 7 nitrogen and oxygen atoms in total. The van der Waals surface area contributed by atoms with Crippen molar-refractivity contribution >= 4 is 60.7 Å². The maximum atomic E-state index is 13.8. The van der Waals surface area contributed by atoms with Gasteiger partial charge in [0.1, 0.15) is 4.90 Å². The molecule has 182 valence electrons. The van der Waals surface area contributed by atoms with Crippen molar-refractivity contribution < 1.29 is 18.0 Å². The summed E-state index contributed by atoms with van der Waals surface area (Å²) in [6.07, 6.45) is 2.06. The summed E-state index contributed by atoms with van der Waals surface area (Å²) in [7, 11) is -3.93. The molecule has 1 fully saturated rings. The van der Waals surface area contributed by atoms with Crippen LogP contribution in [-0.2, 0) is 26.0 Å². The number of hydrogen-bond acceptors (Lipinski definition) is 4. The van der Waals surface area contributed by atoms with Crippen LogP contribution in [0, 0.1) is 12.8 Å². The minimum absolute atomic E-state index is 0.0801. The topological polar surface area (TPSA) is 86.8 Å². The molecule has 2 aromatic rings. The van der Waals surface area contributed by atoms with Crippen molar-refractivity contribution in [1.82, 2.24) is 4.31 Å². The number of benzene rings is 2. The predicted molar refractivity (Wildman–Crippen MR) is 137 cm³/mol. The molecule has 1 N–H and O–H groups in total. The molecule has 1 unspecified atom stereocenters. The zero-order chi connectivity index (χ0) is 24.6. The second kappa shape index (κ2) is 9.97. The van der Waals surface area contributed by atoms with E-state index in [-0.39, 0.29) is 23.3 Å². The molecule has 0 spiro atoms. The van der Waals surface area contributed by atoms with Gasteiger partial charge in [0, 0.05) is 41.2 Å². The zero-order valence-electron chi connectivity index (χ0n) is 19.1. The van der Waals surface area contributed by atoms with Crippen molar-refractivity contribution in [2.75, 3.05) is 29.9 Å². The first-order chi connectivity index (χ1) is 16.1. The summed E-state index contributed by atoms with van der Waals surface area (Å²) in [5.41, 5.74) is 2.69. The summed E-state index contributed by atoms with van der Waals surface area (Å²) in [4.78, 5) is 27.2. The Bertz CT molecular complexity index is 1250. The van der Waals surface area contributed by atoms with Crippen molar-refractivity contribution in [2.45, 2.75) is 44.4 Å². The smallest absolute Gasteiger partial charge is 0.245 e. The summed E-state index contributed by atoms with van der Waals surface area (Å²) in [5.74, 6) is -0.826. The molecule has 0 aromatic heterocycles. The lowest BCUT2D eigenvalue weighted by atomic mass is 9.98. The van der Waals surface area contributed by atoms with E-state index >= 15 is 0 Å². The molecule has 2 aromatic carbocycles. The first-order valence-electron chi connectivity index (χ1n) is 11.3. The normalized spacial score (nSPS) is 18.6. The van der Waals surface area contributed by atoms with Gasteiger partial charge in [-0.15, -0.1) is 0 Å². The molecule has 0 aliphatic carbocycles. The number of rotatable bonds is 5. The van der Waals surface area contributed by atoms with Crippen LogP contribution in [0.15, 0.2) is 39.7 Å². The van der Waals surface area contributed by atoms with Gasteiger partial charge in [0.15, 0.2) is 0 Å². The van der Waals surface area contributed by atoms with Crippen molar-refractivity contribution in [3.05, 3.63) is 51.0 Å². The van der Waals surface area contributed by atoms with Gasteiger partial charge in [-0.05, 0) is 61.6 Å². The van der Waals surface area contributed by atoms with Crippen LogP contribution in [0.25, 0.3) is 0 Å². The van der Waals surface area contributed by atoms with Gasteiger partial charge in [-0.1, -0.05) is 40.5 Å². The van der Waals surface area contributed by atoms with Crippen LogP contribution in [0.3, 0.4) is 0 Å².